The molecule has 1 atom stereocenters. The molecular weight excluding hydrogens is 246 g/mol. The van der Waals surface area contributed by atoms with Crippen molar-refractivity contribution in [1.29, 1.82) is 0 Å². The first-order valence-corrected chi connectivity index (χ1v) is 7.10. The van der Waals surface area contributed by atoms with E-state index in [1.54, 1.807) is 4.90 Å². The molecule has 1 aliphatic heterocycles. The molecule has 5 nitrogen and oxygen atoms in total. The van der Waals surface area contributed by atoms with E-state index in [0.29, 0.717) is 38.5 Å². The third kappa shape index (κ3) is 3.08. The smallest absolute Gasteiger partial charge is 0.319 e. The summed E-state index contributed by atoms with van der Waals surface area (Å²) in [6, 6.07) is 0. The van der Waals surface area contributed by atoms with Crippen molar-refractivity contribution in [1.82, 2.24) is 4.90 Å². The van der Waals surface area contributed by atoms with Gasteiger partial charge in [-0.25, -0.2) is 0 Å². The van der Waals surface area contributed by atoms with E-state index < -0.39 is 11.4 Å². The number of likely N-dealkylation sites (tertiary alicyclic amines) is 1. The molecule has 0 unspecified atom stereocenters. The van der Waals surface area contributed by atoms with Gasteiger partial charge in [-0.15, -0.1) is 0 Å². The number of carbonyl (C=O) groups excluding carboxylic acids is 1. The minimum Gasteiger partial charge on any atom is -0.480 e. The Bertz CT molecular complexity index is 362. The fraction of sp³-hybridized carbons (Fsp3) is 0.857. The molecule has 108 valence electrons. The van der Waals surface area contributed by atoms with Gasteiger partial charge in [0.1, 0.15) is 5.41 Å². The van der Waals surface area contributed by atoms with E-state index in [9.17, 15) is 9.59 Å². The molecule has 1 heterocycles. The van der Waals surface area contributed by atoms with Crippen molar-refractivity contribution < 1.29 is 19.4 Å². The van der Waals surface area contributed by atoms with Gasteiger partial charge in [0, 0.05) is 19.7 Å². The molecular formula is C14H23NO4. The Balaban J connectivity index is 1.79. The van der Waals surface area contributed by atoms with Crippen molar-refractivity contribution in [2.24, 2.45) is 11.3 Å². The second kappa shape index (κ2) is 5.49. The van der Waals surface area contributed by atoms with Gasteiger partial charge in [0.15, 0.2) is 0 Å². The van der Waals surface area contributed by atoms with Gasteiger partial charge in [-0.2, -0.15) is 0 Å². The molecule has 1 aliphatic carbocycles. The zero-order valence-corrected chi connectivity index (χ0v) is 11.7. The van der Waals surface area contributed by atoms with Crippen LogP contribution in [0.1, 0.15) is 39.5 Å². The lowest BCUT2D eigenvalue weighted by atomic mass is 10.1. The van der Waals surface area contributed by atoms with E-state index >= 15 is 0 Å². The molecule has 19 heavy (non-hydrogen) atoms. The summed E-state index contributed by atoms with van der Waals surface area (Å²) in [7, 11) is 0. The molecule has 0 radical (unpaired) electrons. The Kier molecular flexibility index (Phi) is 4.13. The summed E-state index contributed by atoms with van der Waals surface area (Å²) in [6.45, 7) is 6.19. The molecule has 0 aromatic carbocycles. The summed E-state index contributed by atoms with van der Waals surface area (Å²) in [5.74, 6) is -0.572. The van der Waals surface area contributed by atoms with E-state index in [-0.39, 0.29) is 12.0 Å². The van der Waals surface area contributed by atoms with Crippen LogP contribution in [0.2, 0.25) is 0 Å². The van der Waals surface area contributed by atoms with Crippen molar-refractivity contribution in [3.05, 3.63) is 0 Å². The lowest BCUT2D eigenvalue weighted by Crippen LogP contribution is -2.40. The molecule has 5 heteroatoms. The highest BCUT2D eigenvalue weighted by Gasteiger charge is 2.59. The molecule has 2 aliphatic rings. The predicted octanol–water partition coefficient (Wildman–Crippen LogP) is 1.51. The summed E-state index contributed by atoms with van der Waals surface area (Å²) in [4.78, 5) is 25.0. The van der Waals surface area contributed by atoms with Crippen LogP contribution in [0.3, 0.4) is 0 Å². The van der Waals surface area contributed by atoms with Crippen molar-refractivity contribution in [3.8, 4) is 0 Å². The number of rotatable bonds is 6. The fourth-order valence-electron chi connectivity index (χ4n) is 2.47. The van der Waals surface area contributed by atoms with Gasteiger partial charge in [-0.3, -0.25) is 9.59 Å². The van der Waals surface area contributed by atoms with Crippen LogP contribution >= 0.6 is 0 Å². The van der Waals surface area contributed by atoms with Crippen LogP contribution in [0, 0.1) is 11.3 Å². The maximum Gasteiger partial charge on any atom is 0.319 e. The maximum atomic E-state index is 12.2. The molecule has 1 saturated carbocycles. The minimum atomic E-state index is -1.10. The first-order chi connectivity index (χ1) is 8.95. The number of hydrogen-bond donors (Lipinski definition) is 1. The zero-order chi connectivity index (χ0) is 14.0. The Labute approximate surface area is 113 Å². The van der Waals surface area contributed by atoms with E-state index in [0.717, 1.165) is 12.8 Å². The van der Waals surface area contributed by atoms with Gasteiger partial charge in [-0.1, -0.05) is 13.8 Å². The van der Waals surface area contributed by atoms with E-state index in [2.05, 4.69) is 13.8 Å². The number of carboxylic acids is 1. The highest BCUT2D eigenvalue weighted by atomic mass is 16.5. The standard InChI is InChI=1S/C14H23NO4/c1-10(2)4-8-19-11-3-7-15(9-11)12(16)14(5-6-14)13(17)18/h10-11H,3-9H2,1-2H3,(H,17,18)/t11-/m1/s1. The van der Waals surface area contributed by atoms with Gasteiger partial charge in [0.05, 0.1) is 6.10 Å². The second-order valence-electron chi connectivity index (χ2n) is 6.10. The normalized spacial score (nSPS) is 24.8. The maximum absolute atomic E-state index is 12.2. The number of hydrogen-bond acceptors (Lipinski definition) is 3. The molecule has 1 N–H and O–H groups in total. The summed E-state index contributed by atoms with van der Waals surface area (Å²) in [5, 5.41) is 9.12. The molecule has 1 saturated heterocycles. The summed E-state index contributed by atoms with van der Waals surface area (Å²) in [6.07, 6.45) is 2.88. The van der Waals surface area contributed by atoms with Crippen LogP contribution in [0.4, 0.5) is 0 Å². The number of ether oxygens (including phenoxy) is 1. The molecule has 1 amide bonds. The fourth-order valence-corrected chi connectivity index (χ4v) is 2.47. The predicted molar refractivity (Wildman–Crippen MR) is 69.7 cm³/mol. The van der Waals surface area contributed by atoms with Crippen LogP contribution < -0.4 is 0 Å². The van der Waals surface area contributed by atoms with Crippen LogP contribution in [-0.4, -0.2) is 47.7 Å². The highest BCUT2D eigenvalue weighted by Crippen LogP contribution is 2.47. The number of amides is 1. The third-order valence-corrected chi connectivity index (χ3v) is 4.05. The average Bonchev–Trinajstić information content (AvgIpc) is 3.03. The number of carboxylic acid groups (broad SMARTS) is 1. The number of carbonyl (C=O) groups is 2. The Morgan fingerprint density at radius 3 is 2.63 bits per heavy atom. The Hall–Kier alpha value is -1.10. The summed E-state index contributed by atoms with van der Waals surface area (Å²) in [5.41, 5.74) is -1.10. The quantitative estimate of drug-likeness (QED) is 0.742. The molecule has 0 aromatic rings. The van der Waals surface area contributed by atoms with Crippen LogP contribution in [-0.2, 0) is 14.3 Å². The van der Waals surface area contributed by atoms with Gasteiger partial charge in [0.25, 0.3) is 0 Å². The molecule has 0 spiro atoms. The third-order valence-electron chi connectivity index (χ3n) is 4.05. The first-order valence-electron chi connectivity index (χ1n) is 7.10. The molecule has 2 rings (SSSR count). The highest BCUT2D eigenvalue weighted by molar-refractivity contribution is 6.04. The van der Waals surface area contributed by atoms with Crippen molar-refractivity contribution in [3.63, 3.8) is 0 Å². The first kappa shape index (κ1) is 14.3. The lowest BCUT2D eigenvalue weighted by Gasteiger charge is -2.20. The van der Waals surface area contributed by atoms with E-state index in [1.807, 2.05) is 0 Å². The average molecular weight is 269 g/mol. The van der Waals surface area contributed by atoms with Gasteiger partial charge >= 0.3 is 5.97 Å². The largest absolute Gasteiger partial charge is 0.480 e. The number of aliphatic carboxylic acids is 1. The van der Waals surface area contributed by atoms with Gasteiger partial charge in [-0.05, 0) is 31.6 Å². The van der Waals surface area contributed by atoms with Crippen molar-refractivity contribution in [2.45, 2.75) is 45.6 Å². The Morgan fingerprint density at radius 2 is 2.11 bits per heavy atom. The topological polar surface area (TPSA) is 66.8 Å². The van der Waals surface area contributed by atoms with E-state index in [1.165, 1.54) is 0 Å². The van der Waals surface area contributed by atoms with Crippen LogP contribution in [0.5, 0.6) is 0 Å². The van der Waals surface area contributed by atoms with E-state index in [4.69, 9.17) is 9.84 Å². The molecule has 2 fully saturated rings. The van der Waals surface area contributed by atoms with Crippen molar-refractivity contribution >= 4 is 11.9 Å². The Morgan fingerprint density at radius 1 is 1.42 bits per heavy atom. The molecule has 0 aromatic heterocycles. The molecule has 0 bridgehead atoms. The van der Waals surface area contributed by atoms with Gasteiger partial charge < -0.3 is 14.7 Å². The van der Waals surface area contributed by atoms with Crippen molar-refractivity contribution in [2.75, 3.05) is 19.7 Å². The SMILES string of the molecule is CC(C)CCO[C@@H]1CCN(C(=O)C2(C(=O)O)CC2)C1. The van der Waals surface area contributed by atoms with Crippen LogP contribution in [0.25, 0.3) is 0 Å². The van der Waals surface area contributed by atoms with Gasteiger partial charge in [0.2, 0.25) is 5.91 Å². The minimum absolute atomic E-state index is 0.0762. The lowest BCUT2D eigenvalue weighted by molar-refractivity contribution is -0.153. The van der Waals surface area contributed by atoms with Crippen LogP contribution in [0.15, 0.2) is 0 Å². The second-order valence-corrected chi connectivity index (χ2v) is 6.10. The monoisotopic (exact) mass is 269 g/mol. The number of nitrogens with zero attached hydrogens (tertiary/aromatic N) is 1. The summed E-state index contributed by atoms with van der Waals surface area (Å²) >= 11 is 0. The summed E-state index contributed by atoms with van der Waals surface area (Å²) < 4.78 is 5.75. The zero-order valence-electron chi connectivity index (χ0n) is 11.7.